The molecule has 0 heterocycles. The Morgan fingerprint density at radius 1 is 1.19 bits per heavy atom. The maximum absolute atomic E-state index is 12.7. The van der Waals surface area contributed by atoms with Gasteiger partial charge < -0.3 is 30.2 Å². The molecule has 0 saturated heterocycles. The Morgan fingerprint density at radius 2 is 1.72 bits per heavy atom. The van der Waals surface area contributed by atoms with Crippen LogP contribution in [-0.2, 0) is 23.9 Å². The Labute approximate surface area is 186 Å². The first-order valence-electron chi connectivity index (χ1n) is 11.1. The molecule has 1 aliphatic rings. The second-order valence-electron chi connectivity index (χ2n) is 8.16. The maximum atomic E-state index is 12.7. The third-order valence-electron chi connectivity index (χ3n) is 5.71. The number of carboxylic acid groups (broad SMARTS) is 1. The van der Waals surface area contributed by atoms with E-state index < -0.39 is 29.6 Å². The van der Waals surface area contributed by atoms with E-state index >= 15 is 0 Å². The monoisotopic (exact) mass is 699 g/mol. The van der Waals surface area contributed by atoms with Gasteiger partial charge in [0.15, 0.2) is 0 Å². The number of carbonyl (C=O) groups excluding carboxylic acids is 3. The third-order valence-corrected chi connectivity index (χ3v) is 5.71. The van der Waals surface area contributed by atoms with Crippen LogP contribution in [0.1, 0.15) is 72.6 Å². The molecular weight excluding hydrogens is 659 g/mol. The molecule has 3 N–H and O–H groups in total. The number of amides is 3. The fourth-order valence-electron chi connectivity index (χ4n) is 3.86. The summed E-state index contributed by atoms with van der Waals surface area (Å²) in [4.78, 5) is 48.6. The molecule has 0 aromatic rings. The molecule has 0 aromatic heterocycles. The summed E-state index contributed by atoms with van der Waals surface area (Å²) >= 11 is 0. The summed E-state index contributed by atoms with van der Waals surface area (Å²) in [6.07, 6.45) is 5.35. The molecule has 0 radical (unpaired) electrons. The minimum Gasteiger partial charge on any atom is -0.520 e. The van der Waals surface area contributed by atoms with E-state index in [1.165, 1.54) is 18.4 Å². The van der Waals surface area contributed by atoms with Crippen molar-refractivity contribution in [2.75, 3.05) is 20.7 Å². The first-order valence-corrected chi connectivity index (χ1v) is 11.1. The van der Waals surface area contributed by atoms with Gasteiger partial charge in [-0.05, 0) is 18.8 Å². The zero-order chi connectivity index (χ0) is 24.0. The summed E-state index contributed by atoms with van der Waals surface area (Å²) in [5.74, 6) is -1.76. The predicted molar refractivity (Wildman–Crippen MR) is 118 cm³/mol. The average molecular weight is 700 g/mol. The molecule has 3 unspecified atom stereocenters. The van der Waals surface area contributed by atoms with Crippen molar-refractivity contribution in [3.8, 4) is 0 Å². The van der Waals surface area contributed by atoms with Gasteiger partial charge in [-0.25, -0.2) is 0 Å². The summed E-state index contributed by atoms with van der Waals surface area (Å²) in [6, 6.07) is -0.447. The fraction of sp³-hybridized carbons (Fsp3) is 0.818. The number of methoxy groups -OCH3 is 1. The van der Waals surface area contributed by atoms with Crippen molar-refractivity contribution >= 4 is 24.2 Å². The van der Waals surface area contributed by atoms with E-state index in [9.17, 15) is 19.2 Å². The first kappa shape index (κ1) is 31.0. The molecular formula is C22H40FmN3O6-. The van der Waals surface area contributed by atoms with E-state index in [1.807, 2.05) is 13.8 Å². The zero-order valence-corrected chi connectivity index (χ0v) is 22.5. The third kappa shape index (κ3) is 8.91. The van der Waals surface area contributed by atoms with Crippen molar-refractivity contribution in [3.05, 3.63) is 0 Å². The van der Waals surface area contributed by atoms with E-state index in [0.717, 1.165) is 19.3 Å². The van der Waals surface area contributed by atoms with Crippen molar-refractivity contribution in [1.82, 2.24) is 15.5 Å². The smallest absolute Gasteiger partial charge is 0.306 e. The van der Waals surface area contributed by atoms with Crippen molar-refractivity contribution in [1.29, 1.82) is 0 Å². The van der Waals surface area contributed by atoms with E-state index in [1.54, 1.807) is 13.5 Å². The normalized spacial score (nSPS) is 16.8. The Morgan fingerprint density at radius 3 is 2.12 bits per heavy atom. The maximum Gasteiger partial charge on any atom is 0.306 e. The van der Waals surface area contributed by atoms with E-state index in [4.69, 9.17) is 9.84 Å². The average Bonchev–Trinajstić information content (AvgIpc) is 3.21. The zero-order valence-electron chi connectivity index (χ0n) is 20.1. The summed E-state index contributed by atoms with van der Waals surface area (Å²) in [6.45, 7) is 7.89. The molecule has 1 saturated carbocycles. The number of carboxylic acids is 1. The molecule has 0 aliphatic heterocycles. The second kappa shape index (κ2) is 15.6. The largest absolute Gasteiger partial charge is 0.520 e. The van der Waals surface area contributed by atoms with E-state index in [0.29, 0.717) is 12.8 Å². The van der Waals surface area contributed by atoms with Crippen LogP contribution in [0.2, 0.25) is 0 Å². The molecule has 10 heteroatoms. The van der Waals surface area contributed by atoms with Crippen LogP contribution < -0.4 is 10.6 Å². The Kier molecular flexibility index (Phi) is 15.1. The number of nitrogens with one attached hydrogen (secondary N) is 2. The summed E-state index contributed by atoms with van der Waals surface area (Å²) in [5, 5.41) is 14.2. The van der Waals surface area contributed by atoms with Gasteiger partial charge in [-0.2, -0.15) is 6.41 Å². The van der Waals surface area contributed by atoms with Gasteiger partial charge in [-0.3, -0.25) is 14.4 Å². The van der Waals surface area contributed by atoms with Crippen LogP contribution in [-0.4, -0.2) is 72.6 Å². The number of carbonyl (C=O) groups is 3. The molecule has 1 rings (SSSR count). The standard InChI is InChI=1S/C19H32N3O6.C3H8.Fm/c1-5-13(2)17(14(28-4)10-16(25)26)22(3)15(24)11-20-18(27)19(21-12-23)8-6-7-9-19;1-3-2;/h13-14,17H,5-11H2,1-4H3,(H,20,27)(H,21,23)(H,25,26);3H2,1-2H3;/q-1;;. The predicted octanol–water partition coefficient (Wildman–Crippen LogP) is 1.85. The number of nitrogens with zero attached hydrogens (tertiary/aromatic N) is 1. The summed E-state index contributed by atoms with van der Waals surface area (Å²) < 4.78 is 5.36. The Balaban J connectivity index is 0. The molecule has 0 aromatic carbocycles. The summed E-state index contributed by atoms with van der Waals surface area (Å²) in [7, 11) is 3.01. The topological polar surface area (TPSA) is 125 Å². The Bertz CT molecular complexity index is 584. The minimum atomic E-state index is -1.01. The van der Waals surface area contributed by atoms with E-state index in [-0.39, 0.29) is 24.8 Å². The van der Waals surface area contributed by atoms with Gasteiger partial charge in [0.2, 0.25) is 11.8 Å². The number of ether oxygens (including phenoxy) is 1. The van der Waals surface area contributed by atoms with Gasteiger partial charge in [-0.1, -0.05) is 53.4 Å². The Hall–Kier alpha value is -3.16. The van der Waals surface area contributed by atoms with Gasteiger partial charge in [0.05, 0.1) is 30.7 Å². The molecule has 0 spiro atoms. The van der Waals surface area contributed by atoms with Gasteiger partial charge in [0.1, 0.15) is 0 Å². The van der Waals surface area contributed by atoms with Gasteiger partial charge in [-0.15, -0.1) is 0 Å². The van der Waals surface area contributed by atoms with Crippen molar-refractivity contribution in [2.24, 2.45) is 5.92 Å². The quantitative estimate of drug-likeness (QED) is 0.211. The SMILES string of the molecule is CCC.CCC(C)C(C(CC(=O)O)OC)N(C)C(=O)CNC(=O)C1(N[C-]=O)CCCC1.[Fm]. The molecule has 1 aliphatic carbocycles. The first-order chi connectivity index (χ1) is 14.6. The molecule has 3 amide bonds. The molecule has 0 bridgehead atoms. The molecule has 3 atom stereocenters. The van der Waals surface area contributed by atoms with Crippen molar-refractivity contribution in [3.63, 3.8) is 0 Å². The van der Waals surface area contributed by atoms with Gasteiger partial charge in [0, 0.05) is 14.2 Å². The number of likely N-dealkylation sites (N-methyl/N-ethyl adjacent to an activating group) is 1. The van der Waals surface area contributed by atoms with Crippen LogP contribution in [0.3, 0.4) is 0 Å². The second-order valence-corrected chi connectivity index (χ2v) is 8.16. The molecule has 192 valence electrons. The van der Waals surface area contributed by atoms with Crippen LogP contribution in [0.25, 0.3) is 0 Å². The number of aliphatic carboxylic acids is 1. The van der Waals surface area contributed by atoms with Crippen LogP contribution in [0.15, 0.2) is 0 Å². The van der Waals surface area contributed by atoms with E-state index in [2.05, 4.69) is 24.5 Å². The number of rotatable bonds is 12. The number of hydrogen-bond donors (Lipinski definition) is 3. The fourth-order valence-corrected chi connectivity index (χ4v) is 3.86. The molecule has 9 nitrogen and oxygen atoms in total. The van der Waals surface area contributed by atoms with Crippen LogP contribution in [0.4, 0.5) is 0 Å². The van der Waals surface area contributed by atoms with Crippen molar-refractivity contribution < 1.29 is 29.0 Å². The van der Waals surface area contributed by atoms with Gasteiger partial charge >= 0.3 is 5.97 Å². The summed E-state index contributed by atoms with van der Waals surface area (Å²) in [5.41, 5.74) is -1.00. The van der Waals surface area contributed by atoms with Crippen molar-refractivity contribution in [2.45, 2.75) is 90.3 Å². The molecule has 32 heavy (non-hydrogen) atoms. The van der Waals surface area contributed by atoms with Gasteiger partial charge in [0.25, 0.3) is 0 Å². The minimum absolute atomic E-state index is 0. The van der Waals surface area contributed by atoms with Crippen LogP contribution >= 0.6 is 0 Å². The van der Waals surface area contributed by atoms with Crippen LogP contribution in [0.5, 0.6) is 0 Å². The van der Waals surface area contributed by atoms with Crippen LogP contribution in [0, 0.1) is 5.92 Å². The molecule has 1 fully saturated rings. The number of hydrogen-bond acceptors (Lipinski definition) is 5.